The highest BCUT2D eigenvalue weighted by Crippen LogP contribution is 2.31. The molecule has 1 saturated heterocycles. The molecule has 116 valence electrons. The van der Waals surface area contributed by atoms with E-state index >= 15 is 0 Å². The summed E-state index contributed by atoms with van der Waals surface area (Å²) in [5, 5.41) is 4.41. The van der Waals surface area contributed by atoms with Crippen LogP contribution in [0.15, 0.2) is 18.2 Å². The molecule has 0 bridgehead atoms. The maximum Gasteiger partial charge on any atom is 0.0805 e. The molecule has 1 saturated carbocycles. The Hall–Kier alpha value is -0.770. The molecule has 2 aliphatic rings. The molecule has 3 rings (SSSR count). The maximum atomic E-state index is 6.20. The van der Waals surface area contributed by atoms with Crippen molar-refractivity contribution in [2.75, 3.05) is 18.0 Å². The van der Waals surface area contributed by atoms with Crippen molar-refractivity contribution in [3.05, 3.63) is 28.8 Å². The molecule has 0 radical (unpaired) electrons. The highest BCUT2D eigenvalue weighted by Gasteiger charge is 2.32. The number of nitrogens with one attached hydrogen (secondary N) is 1. The molecule has 0 aromatic heterocycles. The number of benzene rings is 1. The second-order valence-electron chi connectivity index (χ2n) is 7.00. The largest absolute Gasteiger partial charge is 0.369 e. The highest BCUT2D eigenvalue weighted by molar-refractivity contribution is 6.30. The van der Waals surface area contributed by atoms with Gasteiger partial charge in [-0.2, -0.15) is 0 Å². The average molecular weight is 309 g/mol. The molecule has 1 aromatic carbocycles. The van der Waals surface area contributed by atoms with E-state index in [1.165, 1.54) is 24.1 Å². The summed E-state index contributed by atoms with van der Waals surface area (Å²) in [5.41, 5.74) is 2.47. The van der Waals surface area contributed by atoms with Gasteiger partial charge in [0.05, 0.1) is 11.7 Å². The summed E-state index contributed by atoms with van der Waals surface area (Å²) in [6.07, 6.45) is 2.85. The summed E-state index contributed by atoms with van der Waals surface area (Å²) in [6.45, 7) is 9.21. The van der Waals surface area contributed by atoms with Crippen molar-refractivity contribution in [2.24, 2.45) is 0 Å². The third-order valence-corrected chi connectivity index (χ3v) is 4.35. The molecule has 0 amide bonds. The zero-order valence-corrected chi connectivity index (χ0v) is 13.9. The lowest BCUT2D eigenvalue weighted by atomic mass is 10.0. The average Bonchev–Trinajstić information content (AvgIpc) is 3.17. The van der Waals surface area contributed by atoms with Crippen LogP contribution in [0.4, 0.5) is 5.69 Å². The number of morpholine rings is 1. The third-order valence-electron chi connectivity index (χ3n) is 4.11. The maximum absolute atomic E-state index is 6.20. The lowest BCUT2D eigenvalue weighted by molar-refractivity contribution is -0.0750. The van der Waals surface area contributed by atoms with Gasteiger partial charge in [0.1, 0.15) is 0 Å². The lowest BCUT2D eigenvalue weighted by Crippen LogP contribution is -2.52. The minimum atomic E-state index is -0.113. The zero-order valence-electron chi connectivity index (χ0n) is 13.2. The van der Waals surface area contributed by atoms with E-state index in [0.29, 0.717) is 6.04 Å². The first-order valence-electron chi connectivity index (χ1n) is 7.87. The van der Waals surface area contributed by atoms with E-state index in [0.717, 1.165) is 24.7 Å². The van der Waals surface area contributed by atoms with Crippen molar-refractivity contribution in [3.8, 4) is 0 Å². The van der Waals surface area contributed by atoms with E-state index in [4.69, 9.17) is 16.3 Å². The van der Waals surface area contributed by atoms with Crippen LogP contribution in [0.25, 0.3) is 0 Å². The van der Waals surface area contributed by atoms with Gasteiger partial charge in [-0.25, -0.2) is 0 Å². The number of ether oxygens (including phenoxy) is 1. The molecule has 1 heterocycles. The fraction of sp³-hybridized carbons (Fsp3) is 0.647. The normalized spacial score (nSPS) is 25.1. The van der Waals surface area contributed by atoms with Gasteiger partial charge in [-0.15, -0.1) is 0 Å². The molecule has 4 heteroatoms. The van der Waals surface area contributed by atoms with Gasteiger partial charge in [0.25, 0.3) is 0 Å². The zero-order chi connectivity index (χ0) is 15.0. The first-order valence-corrected chi connectivity index (χ1v) is 8.25. The van der Waals surface area contributed by atoms with Gasteiger partial charge in [0.15, 0.2) is 0 Å². The topological polar surface area (TPSA) is 24.5 Å². The van der Waals surface area contributed by atoms with Crippen LogP contribution in [0, 0.1) is 0 Å². The SMILES string of the molecule is CC1CN(c2ccc(Cl)cc2CNC2CC2)CC(C)(C)O1. The van der Waals surface area contributed by atoms with E-state index in [9.17, 15) is 0 Å². The first kappa shape index (κ1) is 15.1. The number of anilines is 1. The molecule has 1 aromatic rings. The lowest BCUT2D eigenvalue weighted by Gasteiger charge is -2.43. The summed E-state index contributed by atoms with van der Waals surface area (Å²) in [6, 6.07) is 6.95. The Bertz CT molecular complexity index is 514. The van der Waals surface area contributed by atoms with Gasteiger partial charge >= 0.3 is 0 Å². The molecular formula is C17H25ClN2O. The summed E-state index contributed by atoms with van der Waals surface area (Å²) in [7, 11) is 0. The van der Waals surface area contributed by atoms with Gasteiger partial charge in [-0.1, -0.05) is 11.6 Å². The van der Waals surface area contributed by atoms with Crippen molar-refractivity contribution < 1.29 is 4.74 Å². The van der Waals surface area contributed by atoms with Crippen molar-refractivity contribution in [3.63, 3.8) is 0 Å². The molecule has 1 unspecified atom stereocenters. The van der Waals surface area contributed by atoms with Crippen molar-refractivity contribution in [2.45, 2.75) is 57.9 Å². The predicted octanol–water partition coefficient (Wildman–Crippen LogP) is 3.60. The van der Waals surface area contributed by atoms with E-state index in [1.807, 2.05) is 6.07 Å². The van der Waals surface area contributed by atoms with Crippen molar-refractivity contribution >= 4 is 17.3 Å². The highest BCUT2D eigenvalue weighted by atomic mass is 35.5. The van der Waals surface area contributed by atoms with Gasteiger partial charge in [-0.05, 0) is 57.4 Å². The molecule has 0 spiro atoms. The van der Waals surface area contributed by atoms with Gasteiger partial charge < -0.3 is 15.0 Å². The van der Waals surface area contributed by atoms with E-state index < -0.39 is 0 Å². The predicted molar refractivity (Wildman–Crippen MR) is 88.2 cm³/mol. The van der Waals surface area contributed by atoms with Crippen LogP contribution in [0.3, 0.4) is 0 Å². The first-order chi connectivity index (χ1) is 9.93. The van der Waals surface area contributed by atoms with Gasteiger partial charge in [0, 0.05) is 36.4 Å². The standard InChI is InChI=1S/C17H25ClN2O/c1-12-10-20(11-17(2,3)21-12)16-7-4-14(18)8-13(16)9-19-15-5-6-15/h4,7-8,12,15,19H,5-6,9-11H2,1-3H3. The van der Waals surface area contributed by atoms with Crippen LogP contribution >= 0.6 is 11.6 Å². The molecule has 2 fully saturated rings. The van der Waals surface area contributed by atoms with Crippen LogP contribution in [0.5, 0.6) is 0 Å². The molecular weight excluding hydrogens is 284 g/mol. The third kappa shape index (κ3) is 3.91. The van der Waals surface area contributed by atoms with Crippen LogP contribution < -0.4 is 10.2 Å². The van der Waals surface area contributed by atoms with Crippen LogP contribution in [-0.2, 0) is 11.3 Å². The monoisotopic (exact) mass is 308 g/mol. The summed E-state index contributed by atoms with van der Waals surface area (Å²) in [5.74, 6) is 0. The molecule has 3 nitrogen and oxygen atoms in total. The fourth-order valence-electron chi connectivity index (χ4n) is 3.18. The van der Waals surface area contributed by atoms with Crippen molar-refractivity contribution in [1.82, 2.24) is 5.32 Å². The van der Waals surface area contributed by atoms with Crippen LogP contribution in [0.2, 0.25) is 5.02 Å². The quantitative estimate of drug-likeness (QED) is 0.920. The van der Waals surface area contributed by atoms with E-state index in [1.54, 1.807) is 0 Å². The van der Waals surface area contributed by atoms with Gasteiger partial charge in [0.2, 0.25) is 0 Å². The number of hydrogen-bond acceptors (Lipinski definition) is 3. The number of rotatable bonds is 4. The van der Waals surface area contributed by atoms with Crippen LogP contribution in [0.1, 0.15) is 39.2 Å². The Morgan fingerprint density at radius 2 is 2.14 bits per heavy atom. The molecule has 21 heavy (non-hydrogen) atoms. The van der Waals surface area contributed by atoms with Crippen molar-refractivity contribution in [1.29, 1.82) is 0 Å². The van der Waals surface area contributed by atoms with Crippen LogP contribution in [-0.4, -0.2) is 30.8 Å². The Labute approximate surface area is 132 Å². The Balaban J connectivity index is 1.82. The second kappa shape index (κ2) is 5.79. The summed E-state index contributed by atoms with van der Waals surface area (Å²) < 4.78 is 6.01. The summed E-state index contributed by atoms with van der Waals surface area (Å²) in [4.78, 5) is 2.44. The molecule has 1 aliphatic heterocycles. The minimum Gasteiger partial charge on any atom is -0.369 e. The van der Waals surface area contributed by atoms with E-state index in [-0.39, 0.29) is 11.7 Å². The second-order valence-corrected chi connectivity index (χ2v) is 7.43. The Morgan fingerprint density at radius 3 is 2.81 bits per heavy atom. The smallest absolute Gasteiger partial charge is 0.0805 e. The fourth-order valence-corrected chi connectivity index (χ4v) is 3.38. The summed E-state index contributed by atoms with van der Waals surface area (Å²) >= 11 is 6.20. The number of nitrogens with zero attached hydrogens (tertiary/aromatic N) is 1. The Kier molecular flexibility index (Phi) is 4.17. The number of halogens is 1. The number of hydrogen-bond donors (Lipinski definition) is 1. The molecule has 1 N–H and O–H groups in total. The molecule has 1 atom stereocenters. The Morgan fingerprint density at radius 1 is 1.38 bits per heavy atom. The minimum absolute atomic E-state index is 0.113. The van der Waals surface area contributed by atoms with E-state index in [2.05, 4.69) is 43.1 Å². The van der Waals surface area contributed by atoms with Gasteiger partial charge in [-0.3, -0.25) is 0 Å². The molecule has 1 aliphatic carbocycles.